The Labute approximate surface area is 86.3 Å². The lowest BCUT2D eigenvalue weighted by Gasteiger charge is -2.01. The number of hydrogen-bond donors (Lipinski definition) is 1. The number of H-pyrrole nitrogens is 1. The van der Waals surface area contributed by atoms with Crippen LogP contribution in [0.4, 0.5) is 0 Å². The van der Waals surface area contributed by atoms with E-state index in [0.717, 1.165) is 15.9 Å². The number of aromatic nitrogens is 1. The highest BCUT2D eigenvalue weighted by atomic mass is 35.5. The van der Waals surface area contributed by atoms with Gasteiger partial charge >= 0.3 is 0 Å². The Morgan fingerprint density at radius 1 is 0.929 bits per heavy atom. The monoisotopic (exact) mass is 201 g/mol. The maximum absolute atomic E-state index is 6.17. The molecular weight excluding hydrogens is 194 g/mol. The van der Waals surface area contributed by atoms with Gasteiger partial charge in [-0.15, -0.1) is 0 Å². The minimum Gasteiger partial charge on any atom is -0.361 e. The average Bonchev–Trinajstić information content (AvgIpc) is 2.65. The number of rotatable bonds is 0. The second kappa shape index (κ2) is 2.76. The zero-order chi connectivity index (χ0) is 9.54. The maximum Gasteiger partial charge on any atom is 0.0548 e. The standard InChI is InChI=1S/C12H8ClN/c13-10-3-1-2-8-4-5-9-6-7-14-12(9)11(8)10/h1-7,14H. The SMILES string of the molecule is Clc1cccc2ccc3cc[nH]c3c12. The second-order valence-electron chi connectivity index (χ2n) is 3.35. The van der Waals surface area contributed by atoms with Crippen LogP contribution in [0.3, 0.4) is 0 Å². The molecule has 0 aliphatic carbocycles. The smallest absolute Gasteiger partial charge is 0.0548 e. The van der Waals surface area contributed by atoms with Gasteiger partial charge in [-0.1, -0.05) is 35.9 Å². The van der Waals surface area contributed by atoms with E-state index in [1.165, 1.54) is 10.8 Å². The summed E-state index contributed by atoms with van der Waals surface area (Å²) < 4.78 is 0. The van der Waals surface area contributed by atoms with Crippen LogP contribution in [0, 0.1) is 0 Å². The topological polar surface area (TPSA) is 15.8 Å². The van der Waals surface area contributed by atoms with Crippen molar-refractivity contribution in [1.82, 2.24) is 4.98 Å². The van der Waals surface area contributed by atoms with Crippen LogP contribution in [-0.2, 0) is 0 Å². The van der Waals surface area contributed by atoms with Gasteiger partial charge in [0.1, 0.15) is 0 Å². The Kier molecular flexibility index (Phi) is 1.55. The van der Waals surface area contributed by atoms with Crippen molar-refractivity contribution >= 4 is 33.3 Å². The molecule has 0 bridgehead atoms. The summed E-state index contributed by atoms with van der Waals surface area (Å²) in [5, 5.41) is 4.28. The van der Waals surface area contributed by atoms with Gasteiger partial charge in [0, 0.05) is 17.0 Å². The number of halogens is 1. The van der Waals surface area contributed by atoms with Gasteiger partial charge in [0.15, 0.2) is 0 Å². The molecule has 0 radical (unpaired) electrons. The fourth-order valence-corrected chi connectivity index (χ4v) is 2.14. The molecule has 0 amide bonds. The van der Waals surface area contributed by atoms with Gasteiger partial charge < -0.3 is 4.98 Å². The van der Waals surface area contributed by atoms with Crippen molar-refractivity contribution in [3.63, 3.8) is 0 Å². The van der Waals surface area contributed by atoms with Gasteiger partial charge in [0.05, 0.1) is 10.5 Å². The van der Waals surface area contributed by atoms with E-state index in [4.69, 9.17) is 11.6 Å². The van der Waals surface area contributed by atoms with Crippen LogP contribution < -0.4 is 0 Å². The largest absolute Gasteiger partial charge is 0.361 e. The lowest BCUT2D eigenvalue weighted by atomic mass is 10.1. The van der Waals surface area contributed by atoms with E-state index >= 15 is 0 Å². The Morgan fingerprint density at radius 3 is 2.71 bits per heavy atom. The van der Waals surface area contributed by atoms with E-state index < -0.39 is 0 Å². The van der Waals surface area contributed by atoms with Crippen LogP contribution in [0.15, 0.2) is 42.6 Å². The van der Waals surface area contributed by atoms with E-state index in [1.54, 1.807) is 0 Å². The van der Waals surface area contributed by atoms with Crippen LogP contribution in [0.2, 0.25) is 5.02 Å². The Bertz CT molecular complexity index is 610. The summed E-state index contributed by atoms with van der Waals surface area (Å²) in [7, 11) is 0. The number of fused-ring (bicyclic) bond motifs is 3. The molecule has 3 aromatic rings. The molecule has 2 heteroatoms. The van der Waals surface area contributed by atoms with Crippen molar-refractivity contribution in [2.24, 2.45) is 0 Å². The Hall–Kier alpha value is -1.47. The summed E-state index contributed by atoms with van der Waals surface area (Å²) in [5.41, 5.74) is 1.12. The second-order valence-corrected chi connectivity index (χ2v) is 3.75. The van der Waals surface area contributed by atoms with Crippen molar-refractivity contribution in [2.75, 3.05) is 0 Å². The first kappa shape index (κ1) is 7.89. The van der Waals surface area contributed by atoms with Gasteiger partial charge in [0.2, 0.25) is 0 Å². The minimum absolute atomic E-state index is 0.801. The van der Waals surface area contributed by atoms with Crippen molar-refractivity contribution in [3.8, 4) is 0 Å². The molecule has 0 saturated heterocycles. The predicted octanol–water partition coefficient (Wildman–Crippen LogP) is 3.97. The van der Waals surface area contributed by atoms with Crippen LogP contribution in [0.1, 0.15) is 0 Å². The van der Waals surface area contributed by atoms with E-state index in [0.29, 0.717) is 0 Å². The Morgan fingerprint density at radius 2 is 1.79 bits per heavy atom. The van der Waals surface area contributed by atoms with Crippen molar-refractivity contribution < 1.29 is 0 Å². The molecule has 1 heterocycles. The zero-order valence-electron chi connectivity index (χ0n) is 7.42. The molecule has 0 aliphatic heterocycles. The first-order valence-corrected chi connectivity index (χ1v) is 4.88. The number of benzene rings is 2. The lowest BCUT2D eigenvalue weighted by Crippen LogP contribution is -1.76. The van der Waals surface area contributed by atoms with Crippen molar-refractivity contribution in [2.45, 2.75) is 0 Å². The first-order chi connectivity index (χ1) is 6.86. The van der Waals surface area contributed by atoms with Gasteiger partial charge in [-0.3, -0.25) is 0 Å². The van der Waals surface area contributed by atoms with Crippen LogP contribution in [0.25, 0.3) is 21.7 Å². The third-order valence-electron chi connectivity index (χ3n) is 2.52. The highest BCUT2D eigenvalue weighted by molar-refractivity contribution is 6.37. The first-order valence-electron chi connectivity index (χ1n) is 4.50. The molecule has 1 aromatic heterocycles. The molecular formula is C12H8ClN. The predicted molar refractivity (Wildman–Crippen MR) is 60.8 cm³/mol. The van der Waals surface area contributed by atoms with Gasteiger partial charge in [-0.2, -0.15) is 0 Å². The highest BCUT2D eigenvalue weighted by Crippen LogP contribution is 2.29. The number of nitrogens with one attached hydrogen (secondary N) is 1. The normalized spacial score (nSPS) is 11.2. The summed E-state index contributed by atoms with van der Waals surface area (Å²) in [5.74, 6) is 0. The molecule has 0 spiro atoms. The number of aromatic amines is 1. The van der Waals surface area contributed by atoms with Gasteiger partial charge in [-0.05, 0) is 17.5 Å². The summed E-state index contributed by atoms with van der Waals surface area (Å²) >= 11 is 6.17. The molecule has 0 fully saturated rings. The van der Waals surface area contributed by atoms with Crippen molar-refractivity contribution in [3.05, 3.63) is 47.6 Å². The molecule has 3 rings (SSSR count). The molecule has 0 saturated carbocycles. The maximum atomic E-state index is 6.17. The van der Waals surface area contributed by atoms with Crippen LogP contribution >= 0.6 is 11.6 Å². The summed E-state index contributed by atoms with van der Waals surface area (Å²) in [4.78, 5) is 3.22. The molecule has 0 unspecified atom stereocenters. The van der Waals surface area contributed by atoms with Gasteiger partial charge in [0.25, 0.3) is 0 Å². The van der Waals surface area contributed by atoms with Crippen LogP contribution in [-0.4, -0.2) is 4.98 Å². The van der Waals surface area contributed by atoms with Crippen LogP contribution in [0.5, 0.6) is 0 Å². The third kappa shape index (κ3) is 0.962. The lowest BCUT2D eigenvalue weighted by molar-refractivity contribution is 1.49. The third-order valence-corrected chi connectivity index (χ3v) is 2.83. The highest BCUT2D eigenvalue weighted by Gasteiger charge is 2.03. The fourth-order valence-electron chi connectivity index (χ4n) is 1.86. The summed E-state index contributed by atoms with van der Waals surface area (Å²) in [6.07, 6.45) is 1.94. The molecule has 1 N–H and O–H groups in total. The van der Waals surface area contributed by atoms with E-state index in [2.05, 4.69) is 29.2 Å². The average molecular weight is 202 g/mol. The molecule has 2 aromatic carbocycles. The quantitative estimate of drug-likeness (QED) is 0.567. The summed E-state index contributed by atoms with van der Waals surface area (Å²) in [6.45, 7) is 0. The minimum atomic E-state index is 0.801. The fraction of sp³-hybridized carbons (Fsp3) is 0. The van der Waals surface area contributed by atoms with Gasteiger partial charge in [-0.25, -0.2) is 0 Å². The molecule has 0 aliphatic rings. The molecule has 14 heavy (non-hydrogen) atoms. The Balaban J connectivity index is 2.67. The van der Waals surface area contributed by atoms with E-state index in [1.807, 2.05) is 18.3 Å². The number of hydrogen-bond acceptors (Lipinski definition) is 0. The molecule has 1 nitrogen and oxygen atoms in total. The van der Waals surface area contributed by atoms with E-state index in [9.17, 15) is 0 Å². The zero-order valence-corrected chi connectivity index (χ0v) is 8.18. The van der Waals surface area contributed by atoms with E-state index in [-0.39, 0.29) is 0 Å². The molecule has 0 atom stereocenters. The summed E-state index contributed by atoms with van der Waals surface area (Å²) in [6, 6.07) is 12.2. The molecule has 68 valence electrons. The van der Waals surface area contributed by atoms with Crippen molar-refractivity contribution in [1.29, 1.82) is 0 Å².